The quantitative estimate of drug-likeness (QED) is 0.767. The van der Waals surface area contributed by atoms with Crippen LogP contribution in [-0.4, -0.2) is 75.8 Å². The molecule has 0 N–H and O–H groups in total. The summed E-state index contributed by atoms with van der Waals surface area (Å²) in [5.41, 5.74) is 0.996. The van der Waals surface area contributed by atoms with Gasteiger partial charge in [-0.1, -0.05) is 0 Å². The predicted molar refractivity (Wildman–Crippen MR) is 98.8 cm³/mol. The van der Waals surface area contributed by atoms with Crippen LogP contribution < -0.4 is 4.31 Å². The average molecular weight is 383 g/mol. The van der Waals surface area contributed by atoms with Crippen molar-refractivity contribution in [2.45, 2.75) is 13.8 Å². The number of hydrogen-bond donors (Lipinski definition) is 0. The minimum Gasteiger partial charge on any atom is -0.450 e. The van der Waals surface area contributed by atoms with Gasteiger partial charge in [0.1, 0.15) is 0 Å². The van der Waals surface area contributed by atoms with Gasteiger partial charge in [-0.2, -0.15) is 0 Å². The highest BCUT2D eigenvalue weighted by Crippen LogP contribution is 2.18. The molecule has 0 aromatic heterocycles. The van der Waals surface area contributed by atoms with E-state index in [-0.39, 0.29) is 17.8 Å². The third kappa shape index (κ3) is 4.46. The molecule has 2 rings (SSSR count). The zero-order valence-electron chi connectivity index (χ0n) is 15.3. The largest absolute Gasteiger partial charge is 0.450 e. The van der Waals surface area contributed by atoms with Crippen molar-refractivity contribution in [3.05, 3.63) is 29.8 Å². The maximum absolute atomic E-state index is 12.6. The Kier molecular flexibility index (Phi) is 6.47. The number of amides is 2. The van der Waals surface area contributed by atoms with E-state index in [0.29, 0.717) is 44.0 Å². The van der Waals surface area contributed by atoms with Gasteiger partial charge in [-0.15, -0.1) is 0 Å². The predicted octanol–water partition coefficient (Wildman–Crippen LogP) is 1.39. The van der Waals surface area contributed by atoms with Gasteiger partial charge >= 0.3 is 6.09 Å². The molecule has 1 fully saturated rings. The Labute approximate surface area is 154 Å². The lowest BCUT2D eigenvalue weighted by Gasteiger charge is -2.34. The van der Waals surface area contributed by atoms with Crippen molar-refractivity contribution in [3.8, 4) is 0 Å². The van der Waals surface area contributed by atoms with Gasteiger partial charge in [-0.3, -0.25) is 9.10 Å². The molecule has 0 unspecified atom stereocenters. The third-order valence-corrected chi connectivity index (χ3v) is 6.13. The van der Waals surface area contributed by atoms with Crippen LogP contribution in [0.1, 0.15) is 24.2 Å². The summed E-state index contributed by atoms with van der Waals surface area (Å²) in [4.78, 5) is 27.6. The van der Waals surface area contributed by atoms with E-state index in [1.54, 1.807) is 47.9 Å². The lowest BCUT2D eigenvalue weighted by molar-refractivity contribution is 0.0570. The number of nitrogens with zero attached hydrogens (tertiary/aromatic N) is 3. The maximum atomic E-state index is 12.6. The van der Waals surface area contributed by atoms with Crippen molar-refractivity contribution in [2.24, 2.45) is 0 Å². The molecule has 2 amide bonds. The molecule has 26 heavy (non-hydrogen) atoms. The molecule has 8 nitrogen and oxygen atoms in total. The Balaban J connectivity index is 2.00. The van der Waals surface area contributed by atoms with Gasteiger partial charge in [-0.25, -0.2) is 13.2 Å². The summed E-state index contributed by atoms with van der Waals surface area (Å²) in [6.45, 7) is 5.39. The molecule has 1 heterocycles. The summed E-state index contributed by atoms with van der Waals surface area (Å²) in [6, 6.07) is 6.48. The van der Waals surface area contributed by atoms with Gasteiger partial charge < -0.3 is 14.5 Å². The first-order valence-corrected chi connectivity index (χ1v) is 10.2. The Morgan fingerprint density at radius 1 is 1.04 bits per heavy atom. The number of sulfonamides is 1. The molecule has 0 radical (unpaired) electrons. The highest BCUT2D eigenvalue weighted by atomic mass is 32.2. The van der Waals surface area contributed by atoms with Crippen LogP contribution in [0, 0.1) is 0 Å². The summed E-state index contributed by atoms with van der Waals surface area (Å²) in [5.74, 6) is -0.129. The van der Waals surface area contributed by atoms with Gasteiger partial charge in [0.2, 0.25) is 10.0 Å². The summed E-state index contributed by atoms with van der Waals surface area (Å²) in [7, 11) is -1.84. The van der Waals surface area contributed by atoms with Gasteiger partial charge in [0.15, 0.2) is 0 Å². The molecule has 1 saturated heterocycles. The van der Waals surface area contributed by atoms with Crippen LogP contribution in [0.15, 0.2) is 24.3 Å². The summed E-state index contributed by atoms with van der Waals surface area (Å²) >= 11 is 0. The number of piperazine rings is 1. The molecule has 1 aliphatic heterocycles. The normalized spacial score (nSPS) is 14.9. The van der Waals surface area contributed by atoms with E-state index >= 15 is 0 Å². The lowest BCUT2D eigenvalue weighted by Crippen LogP contribution is -2.50. The van der Waals surface area contributed by atoms with Crippen LogP contribution in [0.4, 0.5) is 10.5 Å². The topological polar surface area (TPSA) is 87.2 Å². The van der Waals surface area contributed by atoms with Gasteiger partial charge in [0.05, 0.1) is 18.0 Å². The standard InChI is InChI=1S/C17H25N3O5S/c1-4-25-17(22)20-12-10-19(11-13-20)16(21)14-6-8-15(9-7-14)18(3)26(23,24)5-2/h6-9H,4-5,10-13H2,1-3H3. The third-order valence-electron chi connectivity index (χ3n) is 4.35. The number of ether oxygens (including phenoxy) is 1. The molecule has 0 saturated carbocycles. The second kappa shape index (κ2) is 8.39. The molecule has 0 bridgehead atoms. The molecule has 1 aromatic rings. The van der Waals surface area contributed by atoms with Gasteiger partial charge in [-0.05, 0) is 38.1 Å². The minimum absolute atomic E-state index is 0.00885. The average Bonchev–Trinajstić information content (AvgIpc) is 2.67. The lowest BCUT2D eigenvalue weighted by atomic mass is 10.1. The highest BCUT2D eigenvalue weighted by molar-refractivity contribution is 7.92. The van der Waals surface area contributed by atoms with Crippen molar-refractivity contribution in [1.29, 1.82) is 0 Å². The number of benzene rings is 1. The minimum atomic E-state index is -3.34. The summed E-state index contributed by atoms with van der Waals surface area (Å²) in [6.07, 6.45) is -0.357. The van der Waals surface area contributed by atoms with E-state index in [9.17, 15) is 18.0 Å². The molecule has 0 spiro atoms. The SMILES string of the molecule is CCOC(=O)N1CCN(C(=O)c2ccc(N(C)S(=O)(=O)CC)cc2)CC1. The van der Waals surface area contributed by atoms with E-state index in [0.717, 1.165) is 0 Å². The second-order valence-electron chi connectivity index (χ2n) is 5.89. The fourth-order valence-corrected chi connectivity index (χ4v) is 3.49. The zero-order chi connectivity index (χ0) is 19.3. The van der Waals surface area contributed by atoms with Crippen LogP contribution in [0.3, 0.4) is 0 Å². The maximum Gasteiger partial charge on any atom is 0.409 e. The van der Waals surface area contributed by atoms with E-state index in [1.165, 1.54) is 11.4 Å². The van der Waals surface area contributed by atoms with Crippen molar-refractivity contribution >= 4 is 27.7 Å². The molecule has 144 valence electrons. The molecule has 0 aliphatic carbocycles. The molecule has 1 aliphatic rings. The Morgan fingerprint density at radius 3 is 2.08 bits per heavy atom. The number of rotatable bonds is 5. The second-order valence-corrected chi connectivity index (χ2v) is 8.18. The first-order valence-electron chi connectivity index (χ1n) is 8.57. The monoisotopic (exact) mass is 383 g/mol. The Bertz CT molecular complexity index is 740. The van der Waals surface area contributed by atoms with Gasteiger partial charge in [0.25, 0.3) is 5.91 Å². The molecular weight excluding hydrogens is 358 g/mol. The number of anilines is 1. The highest BCUT2D eigenvalue weighted by Gasteiger charge is 2.25. The smallest absolute Gasteiger partial charge is 0.409 e. The first kappa shape index (κ1) is 20.0. The van der Waals surface area contributed by atoms with E-state index < -0.39 is 10.0 Å². The van der Waals surface area contributed by atoms with Crippen molar-refractivity contribution in [1.82, 2.24) is 9.80 Å². The number of hydrogen-bond acceptors (Lipinski definition) is 5. The fraction of sp³-hybridized carbons (Fsp3) is 0.529. The van der Waals surface area contributed by atoms with Crippen molar-refractivity contribution in [2.75, 3.05) is 49.9 Å². The fourth-order valence-electron chi connectivity index (χ4n) is 2.66. The Hall–Kier alpha value is -2.29. The summed E-state index contributed by atoms with van der Waals surface area (Å²) < 4.78 is 30.0. The van der Waals surface area contributed by atoms with Crippen molar-refractivity contribution in [3.63, 3.8) is 0 Å². The zero-order valence-corrected chi connectivity index (χ0v) is 16.2. The van der Waals surface area contributed by atoms with Crippen LogP contribution >= 0.6 is 0 Å². The van der Waals surface area contributed by atoms with Crippen LogP contribution in [0.25, 0.3) is 0 Å². The molecular formula is C17H25N3O5S. The van der Waals surface area contributed by atoms with Crippen LogP contribution in [0.5, 0.6) is 0 Å². The van der Waals surface area contributed by atoms with E-state index in [4.69, 9.17) is 4.74 Å². The number of carbonyl (C=O) groups excluding carboxylic acids is 2. The van der Waals surface area contributed by atoms with E-state index in [1.807, 2.05) is 0 Å². The van der Waals surface area contributed by atoms with E-state index in [2.05, 4.69) is 0 Å². The summed E-state index contributed by atoms with van der Waals surface area (Å²) in [5, 5.41) is 0. The number of carbonyl (C=O) groups is 2. The van der Waals surface area contributed by atoms with Gasteiger partial charge in [0, 0.05) is 38.8 Å². The van der Waals surface area contributed by atoms with Crippen molar-refractivity contribution < 1.29 is 22.7 Å². The van der Waals surface area contributed by atoms with Crippen LogP contribution in [-0.2, 0) is 14.8 Å². The Morgan fingerprint density at radius 2 is 1.58 bits per heavy atom. The van der Waals surface area contributed by atoms with Crippen LogP contribution in [0.2, 0.25) is 0 Å². The molecule has 0 atom stereocenters. The molecule has 1 aromatic carbocycles. The first-order chi connectivity index (χ1) is 12.3. The molecule has 9 heteroatoms.